The second-order valence-corrected chi connectivity index (χ2v) is 7.65. The number of pyridine rings is 1. The van der Waals surface area contributed by atoms with Gasteiger partial charge in [-0.05, 0) is 67.2 Å². The largest absolute Gasteiger partial charge is 0.434 e. The number of carbonyl (C=O) groups is 1. The van der Waals surface area contributed by atoms with Crippen molar-refractivity contribution >= 4 is 63.4 Å². The molecule has 0 saturated heterocycles. The third-order valence-electron chi connectivity index (χ3n) is 4.22. The van der Waals surface area contributed by atoms with Crippen LogP contribution in [0.3, 0.4) is 0 Å². The molecule has 0 unspecified atom stereocenters. The Labute approximate surface area is 187 Å². The van der Waals surface area contributed by atoms with E-state index >= 15 is 0 Å². The van der Waals surface area contributed by atoms with Crippen LogP contribution < -0.4 is 10.6 Å². The monoisotopic (exact) mass is 456 g/mol. The summed E-state index contributed by atoms with van der Waals surface area (Å²) in [5.74, 6) is -0.0281. The zero-order chi connectivity index (χ0) is 21.3. The quantitative estimate of drug-likeness (QED) is 0.388. The summed E-state index contributed by atoms with van der Waals surface area (Å²) in [6.07, 6.45) is 1.64. The van der Waals surface area contributed by atoms with E-state index in [0.29, 0.717) is 44.0 Å². The highest BCUT2D eigenvalue weighted by Gasteiger charge is 2.15. The fourth-order valence-corrected chi connectivity index (χ4v) is 3.46. The molecular formula is C21H14Cl2N4O2S. The number of amides is 1. The van der Waals surface area contributed by atoms with Crippen LogP contribution in [0.5, 0.6) is 0 Å². The van der Waals surface area contributed by atoms with Crippen LogP contribution in [0, 0.1) is 6.92 Å². The number of rotatable bonds is 3. The maximum atomic E-state index is 12.5. The molecule has 0 saturated carbocycles. The van der Waals surface area contributed by atoms with E-state index in [4.69, 9.17) is 39.8 Å². The van der Waals surface area contributed by atoms with E-state index in [-0.39, 0.29) is 5.11 Å². The Morgan fingerprint density at radius 3 is 2.70 bits per heavy atom. The molecule has 2 aromatic carbocycles. The van der Waals surface area contributed by atoms with Gasteiger partial charge in [0.15, 0.2) is 16.3 Å². The number of fused-ring (bicyclic) bond motifs is 1. The first-order valence-corrected chi connectivity index (χ1v) is 9.97. The molecule has 2 heterocycles. The van der Waals surface area contributed by atoms with Gasteiger partial charge in [-0.2, -0.15) is 4.98 Å². The van der Waals surface area contributed by atoms with Crippen LogP contribution in [0.15, 0.2) is 59.1 Å². The lowest BCUT2D eigenvalue weighted by Gasteiger charge is -2.12. The van der Waals surface area contributed by atoms with E-state index in [1.54, 1.807) is 54.7 Å². The second-order valence-electron chi connectivity index (χ2n) is 6.43. The molecule has 4 aromatic rings. The Hall–Kier alpha value is -3.00. The molecule has 0 atom stereocenters. The first-order valence-electron chi connectivity index (χ1n) is 8.80. The van der Waals surface area contributed by atoms with Crippen molar-refractivity contribution in [2.75, 3.05) is 5.32 Å². The Balaban J connectivity index is 1.53. The van der Waals surface area contributed by atoms with E-state index in [1.807, 2.05) is 6.92 Å². The SMILES string of the molecule is Cc1ccc(C(=O)NC(=S)Nc2cc(-c3nc4ncccc4o3)ccc2Cl)c(Cl)c1. The smallest absolute Gasteiger partial charge is 0.258 e. The maximum Gasteiger partial charge on any atom is 0.258 e. The summed E-state index contributed by atoms with van der Waals surface area (Å²) in [7, 11) is 0. The molecule has 0 spiro atoms. The molecule has 9 heteroatoms. The number of halogens is 2. The maximum absolute atomic E-state index is 12.5. The Morgan fingerprint density at radius 2 is 1.93 bits per heavy atom. The summed E-state index contributed by atoms with van der Waals surface area (Å²) in [6, 6.07) is 13.9. The van der Waals surface area contributed by atoms with Gasteiger partial charge in [-0.3, -0.25) is 10.1 Å². The highest BCUT2D eigenvalue weighted by Crippen LogP contribution is 2.30. The van der Waals surface area contributed by atoms with Crippen molar-refractivity contribution in [3.63, 3.8) is 0 Å². The summed E-state index contributed by atoms with van der Waals surface area (Å²) in [5, 5.41) is 6.37. The van der Waals surface area contributed by atoms with Crippen LogP contribution in [-0.4, -0.2) is 21.0 Å². The topological polar surface area (TPSA) is 80.0 Å². The standard InChI is InChI=1S/C21H14Cl2N4O2S/c1-11-4-6-13(15(23)9-11)19(28)27-21(30)25-16-10-12(5-7-14(16)22)20-26-18-17(29-20)3-2-8-24-18/h2-10H,1H3,(H2,25,27,28,30). The van der Waals surface area contributed by atoms with Crippen LogP contribution in [0.25, 0.3) is 22.7 Å². The number of benzene rings is 2. The molecule has 4 rings (SSSR count). The third kappa shape index (κ3) is 4.28. The average Bonchev–Trinajstić information content (AvgIpc) is 3.13. The van der Waals surface area contributed by atoms with Crippen molar-refractivity contribution in [3.05, 3.63) is 75.9 Å². The van der Waals surface area contributed by atoms with Gasteiger partial charge in [0.1, 0.15) is 0 Å². The van der Waals surface area contributed by atoms with E-state index in [1.165, 1.54) is 0 Å². The number of nitrogens with zero attached hydrogens (tertiary/aromatic N) is 2. The summed E-state index contributed by atoms with van der Waals surface area (Å²) < 4.78 is 5.74. The number of anilines is 1. The van der Waals surface area contributed by atoms with Crippen molar-refractivity contribution in [2.45, 2.75) is 6.92 Å². The molecule has 0 aliphatic carbocycles. The van der Waals surface area contributed by atoms with Gasteiger partial charge < -0.3 is 9.73 Å². The molecule has 0 radical (unpaired) electrons. The van der Waals surface area contributed by atoms with Crippen molar-refractivity contribution in [2.24, 2.45) is 0 Å². The van der Waals surface area contributed by atoms with Gasteiger partial charge in [0.25, 0.3) is 5.91 Å². The number of aryl methyl sites for hydroxylation is 1. The lowest BCUT2D eigenvalue weighted by atomic mass is 10.1. The summed E-state index contributed by atoms with van der Waals surface area (Å²) >= 11 is 17.7. The first kappa shape index (κ1) is 20.3. The minimum absolute atomic E-state index is 0.0786. The van der Waals surface area contributed by atoms with Crippen LogP contribution in [0.1, 0.15) is 15.9 Å². The van der Waals surface area contributed by atoms with Gasteiger partial charge in [0.2, 0.25) is 5.89 Å². The summed E-state index contributed by atoms with van der Waals surface area (Å²) in [6.45, 7) is 1.89. The Kier molecular flexibility index (Phi) is 5.67. The Bertz CT molecular complexity index is 1260. The number of nitrogens with one attached hydrogen (secondary N) is 2. The molecule has 0 bridgehead atoms. The first-order chi connectivity index (χ1) is 14.4. The fraction of sp³-hybridized carbons (Fsp3) is 0.0476. The summed E-state index contributed by atoms with van der Waals surface area (Å²) in [5.41, 5.74) is 3.53. The molecule has 0 fully saturated rings. The van der Waals surface area contributed by atoms with Gasteiger partial charge in [-0.1, -0.05) is 29.3 Å². The molecule has 30 heavy (non-hydrogen) atoms. The molecular weight excluding hydrogens is 443 g/mol. The predicted molar refractivity (Wildman–Crippen MR) is 122 cm³/mol. The molecule has 150 valence electrons. The molecule has 2 N–H and O–H groups in total. The van der Waals surface area contributed by atoms with Gasteiger partial charge in [0.05, 0.1) is 21.3 Å². The van der Waals surface area contributed by atoms with E-state index in [2.05, 4.69) is 20.6 Å². The molecule has 2 aromatic heterocycles. The second kappa shape index (κ2) is 8.39. The highest BCUT2D eigenvalue weighted by molar-refractivity contribution is 7.80. The zero-order valence-electron chi connectivity index (χ0n) is 15.6. The van der Waals surface area contributed by atoms with E-state index in [9.17, 15) is 4.79 Å². The van der Waals surface area contributed by atoms with E-state index in [0.717, 1.165) is 5.56 Å². The lowest BCUT2D eigenvalue weighted by Crippen LogP contribution is -2.34. The Morgan fingerprint density at radius 1 is 1.10 bits per heavy atom. The minimum Gasteiger partial charge on any atom is -0.434 e. The van der Waals surface area contributed by atoms with Crippen molar-refractivity contribution < 1.29 is 9.21 Å². The lowest BCUT2D eigenvalue weighted by molar-refractivity contribution is 0.0978. The molecule has 0 aliphatic heterocycles. The normalized spacial score (nSPS) is 10.8. The fourth-order valence-electron chi connectivity index (χ4n) is 2.77. The third-order valence-corrected chi connectivity index (χ3v) is 5.07. The number of hydrogen-bond acceptors (Lipinski definition) is 5. The van der Waals surface area contributed by atoms with Gasteiger partial charge in [0, 0.05) is 11.8 Å². The number of hydrogen-bond donors (Lipinski definition) is 2. The van der Waals surface area contributed by atoms with Crippen LogP contribution >= 0.6 is 35.4 Å². The van der Waals surface area contributed by atoms with Crippen molar-refractivity contribution in [1.82, 2.24) is 15.3 Å². The average molecular weight is 457 g/mol. The molecule has 6 nitrogen and oxygen atoms in total. The van der Waals surface area contributed by atoms with Crippen LogP contribution in [-0.2, 0) is 0 Å². The number of thiocarbonyl (C=S) groups is 1. The van der Waals surface area contributed by atoms with Crippen molar-refractivity contribution in [1.29, 1.82) is 0 Å². The number of aromatic nitrogens is 2. The predicted octanol–water partition coefficient (Wildman–Crippen LogP) is 5.63. The van der Waals surface area contributed by atoms with E-state index < -0.39 is 5.91 Å². The number of carbonyl (C=O) groups excluding carboxylic acids is 1. The number of oxazole rings is 1. The minimum atomic E-state index is -0.421. The van der Waals surface area contributed by atoms with Crippen molar-refractivity contribution in [3.8, 4) is 11.5 Å². The van der Waals surface area contributed by atoms with Gasteiger partial charge in [-0.15, -0.1) is 0 Å². The van der Waals surface area contributed by atoms with Crippen LogP contribution in [0.2, 0.25) is 10.0 Å². The van der Waals surface area contributed by atoms with Gasteiger partial charge in [-0.25, -0.2) is 4.98 Å². The zero-order valence-corrected chi connectivity index (χ0v) is 17.9. The summed E-state index contributed by atoms with van der Waals surface area (Å²) in [4.78, 5) is 21.0. The molecule has 1 amide bonds. The molecule has 0 aliphatic rings. The highest BCUT2D eigenvalue weighted by atomic mass is 35.5. The van der Waals surface area contributed by atoms with Gasteiger partial charge >= 0.3 is 0 Å². The van der Waals surface area contributed by atoms with Crippen LogP contribution in [0.4, 0.5) is 5.69 Å².